The number of carbonyl (C=O) groups excluding carboxylic acids is 2. The number of hydrogen-bond acceptors (Lipinski definition) is 7. The average molecular weight is 522 g/mol. The van der Waals surface area contributed by atoms with Crippen LogP contribution < -0.4 is 10.2 Å². The lowest BCUT2D eigenvalue weighted by Crippen LogP contribution is -2.46. The molecule has 2 aliphatic heterocycles. The fourth-order valence-corrected chi connectivity index (χ4v) is 5.66. The van der Waals surface area contributed by atoms with Gasteiger partial charge in [0.2, 0.25) is 0 Å². The van der Waals surface area contributed by atoms with Gasteiger partial charge in [0.1, 0.15) is 6.33 Å². The second-order valence-electron chi connectivity index (χ2n) is 9.05. The zero-order valence-corrected chi connectivity index (χ0v) is 21.7. The number of rotatable bonds is 7. The van der Waals surface area contributed by atoms with Crippen molar-refractivity contribution in [3.05, 3.63) is 58.2 Å². The van der Waals surface area contributed by atoms with E-state index in [2.05, 4.69) is 44.1 Å². The number of piperazine rings is 1. The molecule has 0 aliphatic carbocycles. The molecule has 0 radical (unpaired) electrons. The van der Waals surface area contributed by atoms with E-state index in [1.165, 1.54) is 25.8 Å². The molecule has 2 aliphatic rings. The topological polar surface area (TPSA) is 78.4 Å². The van der Waals surface area contributed by atoms with Gasteiger partial charge in [0, 0.05) is 37.1 Å². The number of halogens is 1. The van der Waals surface area contributed by atoms with Crippen molar-refractivity contribution in [3.63, 3.8) is 0 Å². The third kappa shape index (κ3) is 5.40. The summed E-state index contributed by atoms with van der Waals surface area (Å²) in [5.74, 6) is -0.376. The van der Waals surface area contributed by atoms with Crippen molar-refractivity contribution >= 4 is 57.2 Å². The summed E-state index contributed by atoms with van der Waals surface area (Å²) in [6, 6.07) is 11.8. The molecule has 2 saturated heterocycles. The fraction of sp³-hybridized carbons (Fsp3) is 0.333. The van der Waals surface area contributed by atoms with Gasteiger partial charge in [-0.2, -0.15) is 0 Å². The van der Waals surface area contributed by atoms with E-state index in [9.17, 15) is 9.59 Å². The zero-order chi connectivity index (χ0) is 25.1. The molecule has 0 saturated carbocycles. The van der Waals surface area contributed by atoms with Crippen molar-refractivity contribution in [1.82, 2.24) is 20.2 Å². The Balaban J connectivity index is 1.38. The van der Waals surface area contributed by atoms with E-state index in [1.807, 2.05) is 24.3 Å². The van der Waals surface area contributed by atoms with Gasteiger partial charge in [-0.05, 0) is 60.6 Å². The second-order valence-corrected chi connectivity index (χ2v) is 10.5. The van der Waals surface area contributed by atoms with E-state index >= 15 is 0 Å². The first kappa shape index (κ1) is 24.7. The van der Waals surface area contributed by atoms with Gasteiger partial charge in [0.25, 0.3) is 11.1 Å². The summed E-state index contributed by atoms with van der Waals surface area (Å²) in [7, 11) is 0. The minimum absolute atomic E-state index is 0.358. The number of benzene rings is 2. The van der Waals surface area contributed by atoms with Gasteiger partial charge in [-0.1, -0.05) is 43.5 Å². The van der Waals surface area contributed by atoms with Crippen LogP contribution in [0.5, 0.6) is 0 Å². The van der Waals surface area contributed by atoms with Gasteiger partial charge >= 0.3 is 0 Å². The fourth-order valence-electron chi connectivity index (χ4n) is 4.67. The van der Waals surface area contributed by atoms with Crippen LogP contribution in [0, 0.1) is 0 Å². The van der Waals surface area contributed by atoms with Crippen LogP contribution in [0.2, 0.25) is 5.02 Å². The number of carbonyl (C=O) groups is 2. The first-order valence-electron chi connectivity index (χ1n) is 12.3. The number of aromatic nitrogens is 2. The largest absolute Gasteiger partial charge is 0.368 e. The molecule has 0 atom stereocenters. The Morgan fingerprint density at radius 2 is 1.89 bits per heavy atom. The number of unbranched alkanes of at least 4 members (excludes halogenated alkanes) is 2. The molecule has 5 rings (SSSR count). The first-order valence-corrected chi connectivity index (χ1v) is 13.5. The summed E-state index contributed by atoms with van der Waals surface area (Å²) >= 11 is 7.69. The van der Waals surface area contributed by atoms with E-state index in [1.54, 1.807) is 12.4 Å². The lowest BCUT2D eigenvalue weighted by Gasteiger charge is -2.36. The maximum Gasteiger partial charge on any atom is 0.290 e. The molecule has 1 N–H and O–H groups in total. The number of anilines is 1. The summed E-state index contributed by atoms with van der Waals surface area (Å²) in [6.07, 6.45) is 7.06. The third-order valence-corrected chi connectivity index (χ3v) is 7.72. The number of thioether (sulfide) groups is 1. The summed E-state index contributed by atoms with van der Waals surface area (Å²) in [4.78, 5) is 37.7. The number of nitrogens with one attached hydrogen (secondary N) is 1. The Hall–Kier alpha value is -2.94. The van der Waals surface area contributed by atoms with Gasteiger partial charge in [-0.3, -0.25) is 19.8 Å². The smallest absolute Gasteiger partial charge is 0.290 e. The van der Waals surface area contributed by atoms with Gasteiger partial charge in [-0.25, -0.2) is 9.97 Å². The molecule has 2 aromatic carbocycles. The Kier molecular flexibility index (Phi) is 7.55. The SMILES string of the molecule is CCCCCN1CCN(c2ccc(-c3ncnc4ccc(C=C5SC(=O)NC5=O)cc34)cc2Cl)CC1. The Labute approximate surface area is 219 Å². The van der Waals surface area contributed by atoms with E-state index < -0.39 is 0 Å². The number of fused-ring (bicyclic) bond motifs is 1. The molecular weight excluding hydrogens is 494 g/mol. The molecule has 0 bridgehead atoms. The average Bonchev–Trinajstić information content (AvgIpc) is 3.20. The van der Waals surface area contributed by atoms with Crippen LogP contribution >= 0.6 is 23.4 Å². The lowest BCUT2D eigenvalue weighted by molar-refractivity contribution is -0.115. The van der Waals surface area contributed by atoms with Gasteiger partial charge < -0.3 is 4.90 Å². The van der Waals surface area contributed by atoms with E-state index in [-0.39, 0.29) is 11.1 Å². The monoisotopic (exact) mass is 521 g/mol. The summed E-state index contributed by atoms with van der Waals surface area (Å²) < 4.78 is 0. The molecule has 0 spiro atoms. The van der Waals surface area contributed by atoms with Gasteiger partial charge in [0.05, 0.1) is 26.8 Å². The highest BCUT2D eigenvalue weighted by atomic mass is 35.5. The van der Waals surface area contributed by atoms with Crippen LogP contribution in [0.4, 0.5) is 10.5 Å². The van der Waals surface area contributed by atoms with Crippen LogP contribution in [0.1, 0.15) is 31.7 Å². The Bertz CT molecular complexity index is 1340. The Morgan fingerprint density at radius 3 is 2.61 bits per heavy atom. The molecule has 2 amide bonds. The van der Waals surface area contributed by atoms with Crippen molar-refractivity contribution in [1.29, 1.82) is 0 Å². The molecule has 186 valence electrons. The molecule has 1 aromatic heterocycles. The van der Waals surface area contributed by atoms with E-state index in [4.69, 9.17) is 11.6 Å². The minimum atomic E-state index is -0.376. The number of hydrogen-bond donors (Lipinski definition) is 1. The molecule has 0 unspecified atom stereocenters. The standard InChI is InChI=1S/C27H28ClN5O2S/c1-2-3-4-9-32-10-12-33(13-11-32)23-8-6-19(16-21(23)28)25-20-14-18(5-7-22(20)29-17-30-25)15-24-26(34)31-27(35)36-24/h5-8,14-17H,2-4,9-13H2,1H3,(H,31,34,35). The van der Waals surface area contributed by atoms with Crippen LogP contribution in [0.25, 0.3) is 28.2 Å². The lowest BCUT2D eigenvalue weighted by atomic mass is 10.0. The van der Waals surface area contributed by atoms with E-state index in [0.29, 0.717) is 9.93 Å². The summed E-state index contributed by atoms with van der Waals surface area (Å²) in [6.45, 7) is 7.45. The number of amides is 2. The molecule has 9 heteroatoms. The van der Waals surface area contributed by atoms with Crippen molar-refractivity contribution in [2.75, 3.05) is 37.6 Å². The molecular formula is C27H28ClN5O2S. The number of nitrogens with zero attached hydrogens (tertiary/aromatic N) is 4. The first-order chi connectivity index (χ1) is 17.5. The molecule has 2 fully saturated rings. The van der Waals surface area contributed by atoms with Crippen LogP contribution in [0.15, 0.2) is 47.6 Å². The third-order valence-electron chi connectivity index (χ3n) is 6.61. The second kappa shape index (κ2) is 11.0. The molecule has 3 aromatic rings. The molecule has 7 nitrogen and oxygen atoms in total. The van der Waals surface area contributed by atoms with Gasteiger partial charge in [0.15, 0.2) is 0 Å². The maximum absolute atomic E-state index is 12.0. The quantitative estimate of drug-likeness (QED) is 0.321. The minimum Gasteiger partial charge on any atom is -0.368 e. The van der Waals surface area contributed by atoms with Crippen LogP contribution in [-0.4, -0.2) is 58.7 Å². The highest BCUT2D eigenvalue weighted by molar-refractivity contribution is 8.18. The van der Waals surface area contributed by atoms with Crippen molar-refractivity contribution in [2.45, 2.75) is 26.2 Å². The zero-order valence-electron chi connectivity index (χ0n) is 20.2. The Morgan fingerprint density at radius 1 is 1.06 bits per heavy atom. The highest BCUT2D eigenvalue weighted by Gasteiger charge is 2.25. The van der Waals surface area contributed by atoms with Crippen LogP contribution in [0.3, 0.4) is 0 Å². The van der Waals surface area contributed by atoms with E-state index in [0.717, 1.165) is 71.4 Å². The van der Waals surface area contributed by atoms with Crippen molar-refractivity contribution in [3.8, 4) is 11.3 Å². The van der Waals surface area contributed by atoms with Gasteiger partial charge in [-0.15, -0.1) is 0 Å². The highest BCUT2D eigenvalue weighted by Crippen LogP contribution is 2.34. The molecule has 3 heterocycles. The predicted octanol–water partition coefficient (Wildman–Crippen LogP) is 5.59. The number of imide groups is 1. The normalized spacial score (nSPS) is 17.8. The summed E-state index contributed by atoms with van der Waals surface area (Å²) in [5, 5.41) is 3.48. The van der Waals surface area contributed by atoms with Crippen molar-refractivity contribution < 1.29 is 9.59 Å². The van der Waals surface area contributed by atoms with Crippen molar-refractivity contribution in [2.24, 2.45) is 0 Å². The van der Waals surface area contributed by atoms with Crippen LogP contribution in [-0.2, 0) is 4.79 Å². The maximum atomic E-state index is 12.0. The predicted molar refractivity (Wildman–Crippen MR) is 147 cm³/mol. The summed E-state index contributed by atoms with van der Waals surface area (Å²) in [5.41, 5.74) is 4.31. The molecule has 36 heavy (non-hydrogen) atoms.